The van der Waals surface area contributed by atoms with Crippen molar-refractivity contribution < 1.29 is 9.18 Å². The molecule has 0 radical (unpaired) electrons. The van der Waals surface area contributed by atoms with Gasteiger partial charge in [0.1, 0.15) is 10.4 Å². The van der Waals surface area contributed by atoms with Gasteiger partial charge >= 0.3 is 0 Å². The Labute approximate surface area is 112 Å². The molecule has 92 valence electrons. The van der Waals surface area contributed by atoms with Crippen molar-refractivity contribution in [3.63, 3.8) is 0 Å². The summed E-state index contributed by atoms with van der Waals surface area (Å²) >= 11 is 3.19. The summed E-state index contributed by atoms with van der Waals surface area (Å²) in [5, 5.41) is 2.63. The number of aryl methyl sites for hydroxylation is 1. The highest BCUT2D eigenvalue weighted by molar-refractivity contribution is 9.10. The van der Waals surface area contributed by atoms with Crippen LogP contribution in [0.1, 0.15) is 15.9 Å². The lowest BCUT2D eigenvalue weighted by atomic mass is 10.2. The van der Waals surface area contributed by atoms with E-state index < -0.39 is 0 Å². The van der Waals surface area contributed by atoms with Crippen molar-refractivity contribution in [3.8, 4) is 0 Å². The molecule has 1 amide bonds. The Balaban J connectivity index is 2.18. The third-order valence-corrected chi connectivity index (χ3v) is 2.76. The van der Waals surface area contributed by atoms with E-state index in [9.17, 15) is 9.18 Å². The van der Waals surface area contributed by atoms with Crippen molar-refractivity contribution in [2.45, 2.75) is 6.92 Å². The fraction of sp³-hybridized carbons (Fsp3) is 0.0769. The van der Waals surface area contributed by atoms with Crippen LogP contribution in [-0.4, -0.2) is 10.9 Å². The number of benzene rings is 1. The van der Waals surface area contributed by atoms with Gasteiger partial charge in [0.2, 0.25) is 0 Å². The number of carbonyl (C=O) groups excluding carboxylic acids is 1. The molecule has 18 heavy (non-hydrogen) atoms. The third-order valence-electron chi connectivity index (χ3n) is 2.29. The first-order valence-electron chi connectivity index (χ1n) is 5.25. The number of amides is 1. The maximum absolute atomic E-state index is 13.2. The fourth-order valence-electron chi connectivity index (χ4n) is 1.52. The number of nitrogens with zero attached hydrogens (tertiary/aromatic N) is 1. The van der Waals surface area contributed by atoms with E-state index in [0.717, 1.165) is 5.56 Å². The highest BCUT2D eigenvalue weighted by Gasteiger charge is 2.07. The normalized spacial score (nSPS) is 10.2. The number of anilines is 1. The van der Waals surface area contributed by atoms with E-state index in [1.54, 1.807) is 25.1 Å². The number of halogens is 2. The standard InChI is InChI=1S/C13H10BrFN2O/c1-8-4-10(15)6-11(5-8)17-13(18)9-2-3-12(14)16-7-9/h2-7H,1H3,(H,17,18). The third kappa shape index (κ3) is 3.13. The average molecular weight is 309 g/mol. The van der Waals surface area contributed by atoms with Gasteiger partial charge in [0, 0.05) is 11.9 Å². The second-order valence-corrected chi connectivity index (χ2v) is 4.65. The molecule has 0 saturated carbocycles. The van der Waals surface area contributed by atoms with E-state index in [0.29, 0.717) is 15.9 Å². The average Bonchev–Trinajstić information content (AvgIpc) is 2.28. The van der Waals surface area contributed by atoms with E-state index in [2.05, 4.69) is 26.2 Å². The highest BCUT2D eigenvalue weighted by atomic mass is 79.9. The molecule has 5 heteroatoms. The summed E-state index contributed by atoms with van der Waals surface area (Å²) in [4.78, 5) is 15.8. The molecular formula is C13H10BrFN2O. The summed E-state index contributed by atoms with van der Waals surface area (Å²) in [6.07, 6.45) is 1.45. The van der Waals surface area contributed by atoms with Gasteiger partial charge in [-0.05, 0) is 58.7 Å². The minimum absolute atomic E-state index is 0.319. The maximum atomic E-state index is 13.2. The zero-order valence-corrected chi connectivity index (χ0v) is 11.2. The molecule has 0 spiro atoms. The molecule has 0 unspecified atom stereocenters. The Morgan fingerprint density at radius 2 is 2.11 bits per heavy atom. The van der Waals surface area contributed by atoms with Crippen LogP contribution >= 0.6 is 15.9 Å². The van der Waals surface area contributed by atoms with Gasteiger partial charge in [-0.3, -0.25) is 4.79 Å². The van der Waals surface area contributed by atoms with Crippen LogP contribution < -0.4 is 5.32 Å². The summed E-state index contributed by atoms with van der Waals surface area (Å²) in [5.74, 6) is -0.695. The van der Waals surface area contributed by atoms with E-state index in [-0.39, 0.29) is 11.7 Å². The first-order chi connectivity index (χ1) is 8.54. The summed E-state index contributed by atoms with van der Waals surface area (Å²) in [6, 6.07) is 7.69. The Morgan fingerprint density at radius 1 is 1.33 bits per heavy atom. The van der Waals surface area contributed by atoms with Gasteiger partial charge in [0.15, 0.2) is 0 Å². The minimum atomic E-state index is -0.376. The molecule has 0 atom stereocenters. The Bertz CT molecular complexity index is 564. The van der Waals surface area contributed by atoms with Crippen LogP contribution in [0.3, 0.4) is 0 Å². The number of hydrogen-bond acceptors (Lipinski definition) is 2. The Kier molecular flexibility index (Phi) is 3.72. The molecule has 1 aromatic heterocycles. The van der Waals surface area contributed by atoms with Crippen LogP contribution in [0.25, 0.3) is 0 Å². The van der Waals surface area contributed by atoms with Crippen molar-refractivity contribution in [2.75, 3.05) is 5.32 Å². The number of hydrogen-bond donors (Lipinski definition) is 1. The van der Waals surface area contributed by atoms with Gasteiger partial charge in [-0.25, -0.2) is 9.37 Å². The maximum Gasteiger partial charge on any atom is 0.257 e. The smallest absolute Gasteiger partial charge is 0.257 e. The lowest BCUT2D eigenvalue weighted by molar-refractivity contribution is 0.102. The van der Waals surface area contributed by atoms with Gasteiger partial charge in [-0.1, -0.05) is 0 Å². The monoisotopic (exact) mass is 308 g/mol. The van der Waals surface area contributed by atoms with Crippen molar-refractivity contribution in [2.24, 2.45) is 0 Å². The number of pyridine rings is 1. The number of carbonyl (C=O) groups is 1. The van der Waals surface area contributed by atoms with Crippen LogP contribution in [0.15, 0.2) is 41.1 Å². The molecule has 2 aromatic rings. The molecule has 0 fully saturated rings. The Hall–Kier alpha value is -1.75. The predicted octanol–water partition coefficient (Wildman–Crippen LogP) is 3.54. The first kappa shape index (κ1) is 12.7. The van der Waals surface area contributed by atoms with Crippen molar-refractivity contribution in [1.82, 2.24) is 4.98 Å². The molecule has 0 aliphatic rings. The molecule has 1 heterocycles. The molecule has 0 bridgehead atoms. The molecule has 0 aliphatic carbocycles. The predicted molar refractivity (Wildman–Crippen MR) is 71.0 cm³/mol. The van der Waals surface area contributed by atoms with Crippen LogP contribution in [0, 0.1) is 12.7 Å². The van der Waals surface area contributed by atoms with Gasteiger partial charge in [0.25, 0.3) is 5.91 Å². The Morgan fingerprint density at radius 3 is 2.72 bits per heavy atom. The lowest BCUT2D eigenvalue weighted by Crippen LogP contribution is -2.12. The lowest BCUT2D eigenvalue weighted by Gasteiger charge is -2.06. The number of aromatic nitrogens is 1. The fourth-order valence-corrected chi connectivity index (χ4v) is 1.76. The molecule has 1 N–H and O–H groups in total. The van der Waals surface area contributed by atoms with Crippen molar-refractivity contribution in [3.05, 3.63) is 58.1 Å². The quantitative estimate of drug-likeness (QED) is 0.862. The molecule has 2 rings (SSSR count). The van der Waals surface area contributed by atoms with E-state index in [1.807, 2.05) is 0 Å². The molecule has 0 aliphatic heterocycles. The van der Waals surface area contributed by atoms with Gasteiger partial charge in [0.05, 0.1) is 5.56 Å². The topological polar surface area (TPSA) is 42.0 Å². The highest BCUT2D eigenvalue weighted by Crippen LogP contribution is 2.15. The number of nitrogens with one attached hydrogen (secondary N) is 1. The van der Waals surface area contributed by atoms with Crippen LogP contribution in [0.5, 0.6) is 0 Å². The van der Waals surface area contributed by atoms with Crippen molar-refractivity contribution in [1.29, 1.82) is 0 Å². The second-order valence-electron chi connectivity index (χ2n) is 3.84. The number of rotatable bonds is 2. The largest absolute Gasteiger partial charge is 0.322 e. The summed E-state index contributed by atoms with van der Waals surface area (Å²) in [5.41, 5.74) is 1.60. The summed E-state index contributed by atoms with van der Waals surface area (Å²) < 4.78 is 13.8. The van der Waals surface area contributed by atoms with Crippen LogP contribution in [0.2, 0.25) is 0 Å². The van der Waals surface area contributed by atoms with Crippen LogP contribution in [-0.2, 0) is 0 Å². The van der Waals surface area contributed by atoms with Gasteiger partial charge < -0.3 is 5.32 Å². The molecule has 3 nitrogen and oxygen atoms in total. The van der Waals surface area contributed by atoms with E-state index >= 15 is 0 Å². The van der Waals surface area contributed by atoms with E-state index in [4.69, 9.17) is 0 Å². The molecule has 1 aromatic carbocycles. The molecule has 0 saturated heterocycles. The molecular weight excluding hydrogens is 299 g/mol. The van der Waals surface area contributed by atoms with Crippen molar-refractivity contribution >= 4 is 27.5 Å². The van der Waals surface area contributed by atoms with Gasteiger partial charge in [-0.15, -0.1) is 0 Å². The van der Waals surface area contributed by atoms with Gasteiger partial charge in [-0.2, -0.15) is 0 Å². The summed E-state index contributed by atoms with van der Waals surface area (Å²) in [7, 11) is 0. The summed E-state index contributed by atoms with van der Waals surface area (Å²) in [6.45, 7) is 1.76. The second kappa shape index (κ2) is 5.27. The first-order valence-corrected chi connectivity index (χ1v) is 6.04. The minimum Gasteiger partial charge on any atom is -0.322 e. The van der Waals surface area contributed by atoms with E-state index in [1.165, 1.54) is 18.3 Å². The SMILES string of the molecule is Cc1cc(F)cc(NC(=O)c2ccc(Br)nc2)c1. The van der Waals surface area contributed by atoms with Crippen LogP contribution in [0.4, 0.5) is 10.1 Å². The zero-order chi connectivity index (χ0) is 13.1. The zero-order valence-electron chi connectivity index (χ0n) is 9.58.